The highest BCUT2D eigenvalue weighted by Crippen LogP contribution is 2.29. The van der Waals surface area contributed by atoms with Crippen LogP contribution in [0.5, 0.6) is 0 Å². The number of nitrogen functional groups attached to an aromatic ring is 1. The fourth-order valence-electron chi connectivity index (χ4n) is 1.81. The van der Waals surface area contributed by atoms with Crippen molar-refractivity contribution in [1.82, 2.24) is 9.38 Å². The van der Waals surface area contributed by atoms with Gasteiger partial charge in [0.1, 0.15) is 11.6 Å². The smallest absolute Gasteiger partial charge is 0.196 e. The van der Waals surface area contributed by atoms with Gasteiger partial charge in [-0.1, -0.05) is 0 Å². The second kappa shape index (κ2) is 3.56. The molecule has 2 N–H and O–H groups in total. The van der Waals surface area contributed by atoms with Crippen molar-refractivity contribution in [3.63, 3.8) is 0 Å². The van der Waals surface area contributed by atoms with Crippen LogP contribution in [-0.2, 0) is 0 Å². The summed E-state index contributed by atoms with van der Waals surface area (Å²) < 4.78 is 14.8. The summed E-state index contributed by atoms with van der Waals surface area (Å²) in [5.74, 6) is 0.399. The molecule has 3 aromatic rings. The highest BCUT2D eigenvalue weighted by atomic mass is 32.1. The van der Waals surface area contributed by atoms with Crippen LogP contribution in [0.2, 0.25) is 0 Å². The summed E-state index contributed by atoms with van der Waals surface area (Å²) in [4.78, 5) is 5.22. The van der Waals surface area contributed by atoms with Gasteiger partial charge in [-0.2, -0.15) is 0 Å². The molecule has 3 rings (SSSR count). The lowest BCUT2D eigenvalue weighted by Crippen LogP contribution is -1.94. The molecule has 0 radical (unpaired) electrons. The maximum absolute atomic E-state index is 12.9. The van der Waals surface area contributed by atoms with Crippen molar-refractivity contribution >= 4 is 22.1 Å². The van der Waals surface area contributed by atoms with Gasteiger partial charge >= 0.3 is 0 Å². The van der Waals surface area contributed by atoms with Crippen LogP contribution in [0.25, 0.3) is 16.2 Å². The van der Waals surface area contributed by atoms with Gasteiger partial charge in [-0.05, 0) is 36.8 Å². The van der Waals surface area contributed by atoms with E-state index >= 15 is 0 Å². The largest absolute Gasteiger partial charge is 0.383 e. The van der Waals surface area contributed by atoms with Gasteiger partial charge in [-0.15, -0.1) is 11.3 Å². The van der Waals surface area contributed by atoms with Crippen LogP contribution < -0.4 is 5.73 Å². The minimum Gasteiger partial charge on any atom is -0.383 e. The molecule has 0 aliphatic rings. The summed E-state index contributed by atoms with van der Waals surface area (Å²) in [6.07, 6.45) is 0. The van der Waals surface area contributed by atoms with Gasteiger partial charge < -0.3 is 5.73 Å². The summed E-state index contributed by atoms with van der Waals surface area (Å²) in [5.41, 5.74) is 8.68. The van der Waals surface area contributed by atoms with Crippen molar-refractivity contribution in [3.8, 4) is 11.3 Å². The molecule has 0 fully saturated rings. The molecule has 0 spiro atoms. The van der Waals surface area contributed by atoms with Crippen LogP contribution in [-0.4, -0.2) is 9.38 Å². The Morgan fingerprint density at radius 2 is 2.00 bits per heavy atom. The summed E-state index contributed by atoms with van der Waals surface area (Å²) >= 11 is 1.53. The second-order valence-corrected chi connectivity index (χ2v) is 4.66. The second-order valence-electron chi connectivity index (χ2n) is 3.83. The number of hydrogen-bond donors (Lipinski definition) is 1. The SMILES string of the molecule is Cc1nc2scc(-c3ccc(F)cc3)n2c1N. The predicted octanol–water partition coefficient (Wildman–Crippen LogP) is 3.09. The third-order valence-electron chi connectivity index (χ3n) is 2.72. The number of hydrogen-bond acceptors (Lipinski definition) is 3. The van der Waals surface area contributed by atoms with Crippen LogP contribution in [0.1, 0.15) is 5.69 Å². The molecule has 0 aliphatic carbocycles. The Kier molecular flexibility index (Phi) is 2.16. The molecular formula is C12H10FN3S. The number of nitrogens with zero attached hydrogens (tertiary/aromatic N) is 2. The zero-order valence-corrected chi connectivity index (χ0v) is 9.96. The Morgan fingerprint density at radius 3 is 2.71 bits per heavy atom. The number of anilines is 1. The molecule has 5 heteroatoms. The standard InChI is InChI=1S/C12H10FN3S/c1-7-11(14)16-10(6-17-12(16)15-7)8-2-4-9(13)5-3-8/h2-6H,14H2,1H3. The maximum atomic E-state index is 12.9. The highest BCUT2D eigenvalue weighted by molar-refractivity contribution is 7.15. The Labute approximate surface area is 101 Å². The van der Waals surface area contributed by atoms with Crippen molar-refractivity contribution in [3.05, 3.63) is 41.2 Å². The van der Waals surface area contributed by atoms with E-state index in [4.69, 9.17) is 5.73 Å². The number of halogens is 1. The topological polar surface area (TPSA) is 43.3 Å². The molecule has 0 aliphatic heterocycles. The normalized spacial score (nSPS) is 11.2. The number of nitrogens with two attached hydrogens (primary N) is 1. The number of thiazole rings is 1. The molecule has 2 aromatic heterocycles. The van der Waals surface area contributed by atoms with E-state index in [1.165, 1.54) is 23.5 Å². The van der Waals surface area contributed by atoms with Crippen molar-refractivity contribution in [2.45, 2.75) is 6.92 Å². The Morgan fingerprint density at radius 1 is 1.29 bits per heavy atom. The zero-order valence-electron chi connectivity index (χ0n) is 9.14. The summed E-state index contributed by atoms with van der Waals surface area (Å²) in [7, 11) is 0. The van der Waals surface area contributed by atoms with E-state index in [0.29, 0.717) is 5.82 Å². The fourth-order valence-corrected chi connectivity index (χ4v) is 2.76. The van der Waals surface area contributed by atoms with Gasteiger partial charge in [0.25, 0.3) is 0 Å². The number of rotatable bonds is 1. The minimum absolute atomic E-state index is 0.241. The summed E-state index contributed by atoms with van der Waals surface area (Å²) in [6, 6.07) is 6.37. The van der Waals surface area contributed by atoms with E-state index in [9.17, 15) is 4.39 Å². The Balaban J connectivity index is 2.26. The van der Waals surface area contributed by atoms with E-state index in [0.717, 1.165) is 21.9 Å². The number of aromatic nitrogens is 2. The van der Waals surface area contributed by atoms with Crippen molar-refractivity contribution in [2.75, 3.05) is 5.73 Å². The van der Waals surface area contributed by atoms with Crippen LogP contribution in [0.3, 0.4) is 0 Å². The quantitative estimate of drug-likeness (QED) is 0.718. The Bertz CT molecular complexity index is 682. The third kappa shape index (κ3) is 1.51. The van der Waals surface area contributed by atoms with E-state index in [1.54, 1.807) is 12.1 Å². The molecule has 0 atom stereocenters. The van der Waals surface area contributed by atoms with Crippen LogP contribution in [0, 0.1) is 12.7 Å². The van der Waals surface area contributed by atoms with E-state index in [1.807, 2.05) is 16.7 Å². The van der Waals surface area contributed by atoms with E-state index in [2.05, 4.69) is 4.98 Å². The lowest BCUT2D eigenvalue weighted by atomic mass is 10.2. The lowest BCUT2D eigenvalue weighted by molar-refractivity contribution is 0.628. The molecule has 0 saturated carbocycles. The maximum Gasteiger partial charge on any atom is 0.196 e. The predicted molar refractivity (Wildman–Crippen MR) is 67.6 cm³/mol. The molecule has 2 heterocycles. The lowest BCUT2D eigenvalue weighted by Gasteiger charge is -2.01. The molecular weight excluding hydrogens is 237 g/mol. The van der Waals surface area contributed by atoms with Gasteiger partial charge in [-0.3, -0.25) is 4.40 Å². The van der Waals surface area contributed by atoms with Gasteiger partial charge in [0.2, 0.25) is 0 Å². The molecule has 0 unspecified atom stereocenters. The molecule has 17 heavy (non-hydrogen) atoms. The number of fused-ring (bicyclic) bond motifs is 1. The summed E-state index contributed by atoms with van der Waals surface area (Å²) in [5, 5.41) is 1.98. The number of benzene rings is 1. The van der Waals surface area contributed by atoms with E-state index in [-0.39, 0.29) is 5.82 Å². The van der Waals surface area contributed by atoms with Crippen LogP contribution >= 0.6 is 11.3 Å². The third-order valence-corrected chi connectivity index (χ3v) is 3.55. The first-order chi connectivity index (χ1) is 8.16. The monoisotopic (exact) mass is 247 g/mol. The average molecular weight is 247 g/mol. The van der Waals surface area contributed by atoms with Crippen LogP contribution in [0.15, 0.2) is 29.6 Å². The average Bonchev–Trinajstić information content (AvgIpc) is 2.83. The molecule has 0 bridgehead atoms. The van der Waals surface area contributed by atoms with Crippen molar-refractivity contribution in [2.24, 2.45) is 0 Å². The van der Waals surface area contributed by atoms with Crippen molar-refractivity contribution in [1.29, 1.82) is 0 Å². The number of imidazole rings is 1. The first kappa shape index (κ1) is 10.3. The van der Waals surface area contributed by atoms with Gasteiger partial charge in [-0.25, -0.2) is 9.37 Å². The van der Waals surface area contributed by atoms with Crippen molar-refractivity contribution < 1.29 is 4.39 Å². The van der Waals surface area contributed by atoms with Gasteiger partial charge in [0, 0.05) is 5.38 Å². The Hall–Kier alpha value is -1.88. The number of aryl methyl sites for hydroxylation is 1. The minimum atomic E-state index is -0.241. The highest BCUT2D eigenvalue weighted by Gasteiger charge is 2.12. The molecule has 3 nitrogen and oxygen atoms in total. The van der Waals surface area contributed by atoms with Gasteiger partial charge in [0.05, 0.1) is 11.4 Å². The molecule has 86 valence electrons. The molecule has 0 saturated heterocycles. The van der Waals surface area contributed by atoms with Crippen LogP contribution in [0.4, 0.5) is 10.2 Å². The van der Waals surface area contributed by atoms with Gasteiger partial charge in [0.15, 0.2) is 4.96 Å². The fraction of sp³-hybridized carbons (Fsp3) is 0.0833. The molecule has 0 amide bonds. The zero-order chi connectivity index (χ0) is 12.0. The summed E-state index contributed by atoms with van der Waals surface area (Å²) in [6.45, 7) is 1.88. The first-order valence-electron chi connectivity index (χ1n) is 5.15. The van der Waals surface area contributed by atoms with E-state index < -0.39 is 0 Å². The first-order valence-corrected chi connectivity index (χ1v) is 6.03. The molecule has 1 aromatic carbocycles.